The van der Waals surface area contributed by atoms with Crippen LogP contribution in [0.4, 0.5) is 0 Å². The maximum Gasteiger partial charge on any atom is 0.305 e. The first-order valence-electron chi connectivity index (χ1n) is 8.45. The first kappa shape index (κ1) is 19.8. The average Bonchev–Trinajstić information content (AvgIpc) is 2.47. The number of ether oxygens (including phenoxy) is 1. The summed E-state index contributed by atoms with van der Waals surface area (Å²) in [7, 11) is 1.46. The van der Waals surface area contributed by atoms with E-state index in [1.54, 1.807) is 0 Å². The van der Waals surface area contributed by atoms with Gasteiger partial charge in [-0.2, -0.15) is 11.8 Å². The molecule has 0 saturated carbocycles. The van der Waals surface area contributed by atoms with E-state index >= 15 is 0 Å². The summed E-state index contributed by atoms with van der Waals surface area (Å²) >= 11 is 2.12. The van der Waals surface area contributed by atoms with Crippen molar-refractivity contribution in [2.75, 3.05) is 18.6 Å². The Labute approximate surface area is 130 Å². The molecule has 2 nitrogen and oxygen atoms in total. The van der Waals surface area contributed by atoms with Crippen molar-refractivity contribution in [1.29, 1.82) is 0 Å². The van der Waals surface area contributed by atoms with Crippen molar-refractivity contribution in [3.05, 3.63) is 0 Å². The predicted molar refractivity (Wildman–Crippen MR) is 90.4 cm³/mol. The highest BCUT2D eigenvalue weighted by atomic mass is 32.2. The number of thioether (sulfide) groups is 1. The van der Waals surface area contributed by atoms with Gasteiger partial charge in [0, 0.05) is 6.42 Å². The van der Waals surface area contributed by atoms with E-state index in [-0.39, 0.29) is 5.97 Å². The van der Waals surface area contributed by atoms with Crippen LogP contribution in [0.3, 0.4) is 0 Å². The van der Waals surface area contributed by atoms with Gasteiger partial charge in [0.25, 0.3) is 0 Å². The lowest BCUT2D eigenvalue weighted by Gasteiger charge is -2.03. The summed E-state index contributed by atoms with van der Waals surface area (Å²) in [5.41, 5.74) is 0. The van der Waals surface area contributed by atoms with Gasteiger partial charge in [0.15, 0.2) is 0 Å². The Hall–Kier alpha value is -0.180. The van der Waals surface area contributed by atoms with Crippen molar-refractivity contribution in [1.82, 2.24) is 0 Å². The molecule has 0 aliphatic heterocycles. The van der Waals surface area contributed by atoms with Gasteiger partial charge in [0.1, 0.15) is 0 Å². The molecule has 3 heteroatoms. The number of unbranched alkanes of at least 4 members (excludes halogenated alkanes) is 9. The Bertz CT molecular complexity index is 207. The van der Waals surface area contributed by atoms with Gasteiger partial charge in [-0.3, -0.25) is 4.79 Å². The summed E-state index contributed by atoms with van der Waals surface area (Å²) in [6.07, 6.45) is 15.0. The number of methoxy groups -OCH3 is 1. The summed E-state index contributed by atoms with van der Waals surface area (Å²) < 4.78 is 4.62. The van der Waals surface area contributed by atoms with Crippen molar-refractivity contribution < 1.29 is 9.53 Å². The highest BCUT2D eigenvalue weighted by Gasteiger charge is 1.99. The second kappa shape index (κ2) is 16.9. The molecule has 0 saturated heterocycles. The highest BCUT2D eigenvalue weighted by molar-refractivity contribution is 7.99. The molecule has 0 N–H and O–H groups in total. The molecule has 0 rings (SSSR count). The Balaban J connectivity index is 2.97. The third-order valence-corrected chi connectivity index (χ3v) is 4.69. The number of rotatable bonds is 15. The van der Waals surface area contributed by atoms with Crippen LogP contribution in [0.1, 0.15) is 84.0 Å². The van der Waals surface area contributed by atoms with E-state index in [0.717, 1.165) is 12.8 Å². The molecule has 0 heterocycles. The monoisotopic (exact) mass is 302 g/mol. The molecule has 0 aromatic heterocycles. The summed E-state index contributed by atoms with van der Waals surface area (Å²) in [6.45, 7) is 2.27. The van der Waals surface area contributed by atoms with Crippen LogP contribution >= 0.6 is 11.8 Å². The van der Waals surface area contributed by atoms with Crippen LogP contribution < -0.4 is 0 Å². The fourth-order valence-corrected chi connectivity index (χ4v) is 3.21. The standard InChI is InChI=1S/C17H34O2S/c1-3-4-5-6-9-12-15-20-16-13-10-7-8-11-14-17(18)19-2/h3-16H2,1-2H3. The van der Waals surface area contributed by atoms with Gasteiger partial charge < -0.3 is 4.74 Å². The van der Waals surface area contributed by atoms with E-state index in [1.165, 1.54) is 76.4 Å². The molecule has 0 fully saturated rings. The van der Waals surface area contributed by atoms with Gasteiger partial charge in [-0.15, -0.1) is 0 Å². The van der Waals surface area contributed by atoms with Crippen LogP contribution in [0.15, 0.2) is 0 Å². The van der Waals surface area contributed by atoms with Crippen LogP contribution in [0.5, 0.6) is 0 Å². The number of carbonyl (C=O) groups excluding carboxylic acids is 1. The summed E-state index contributed by atoms with van der Waals surface area (Å²) in [4.78, 5) is 10.9. The Morgan fingerprint density at radius 2 is 1.30 bits per heavy atom. The average molecular weight is 303 g/mol. The molecule has 0 aliphatic rings. The van der Waals surface area contributed by atoms with E-state index < -0.39 is 0 Å². The van der Waals surface area contributed by atoms with E-state index in [1.807, 2.05) is 0 Å². The third kappa shape index (κ3) is 15.9. The first-order chi connectivity index (χ1) is 9.81. The normalized spacial score (nSPS) is 10.7. The maximum absolute atomic E-state index is 10.9. The van der Waals surface area contributed by atoms with Gasteiger partial charge in [-0.05, 0) is 30.8 Å². The topological polar surface area (TPSA) is 26.3 Å². The zero-order valence-corrected chi connectivity index (χ0v) is 14.4. The Morgan fingerprint density at radius 1 is 0.800 bits per heavy atom. The second-order valence-corrected chi connectivity index (χ2v) is 6.70. The van der Waals surface area contributed by atoms with Crippen LogP contribution in [0, 0.1) is 0 Å². The molecule has 0 unspecified atom stereocenters. The van der Waals surface area contributed by atoms with Crippen LogP contribution in [-0.2, 0) is 9.53 Å². The fourth-order valence-electron chi connectivity index (χ4n) is 2.19. The molecule has 120 valence electrons. The maximum atomic E-state index is 10.9. The third-order valence-electron chi connectivity index (χ3n) is 3.54. The molecule has 0 aromatic rings. The molecule has 0 amide bonds. The molecule has 0 spiro atoms. The van der Waals surface area contributed by atoms with Crippen molar-refractivity contribution in [2.45, 2.75) is 84.0 Å². The molecule has 20 heavy (non-hydrogen) atoms. The highest BCUT2D eigenvalue weighted by Crippen LogP contribution is 2.13. The Morgan fingerprint density at radius 3 is 1.85 bits per heavy atom. The quantitative estimate of drug-likeness (QED) is 0.291. The van der Waals surface area contributed by atoms with Crippen molar-refractivity contribution >= 4 is 17.7 Å². The van der Waals surface area contributed by atoms with Crippen LogP contribution in [-0.4, -0.2) is 24.6 Å². The van der Waals surface area contributed by atoms with Crippen molar-refractivity contribution in [3.63, 3.8) is 0 Å². The van der Waals surface area contributed by atoms with Gasteiger partial charge in [-0.1, -0.05) is 58.3 Å². The first-order valence-corrected chi connectivity index (χ1v) is 9.61. The zero-order chi connectivity index (χ0) is 14.9. The Kier molecular flexibility index (Phi) is 16.7. The van der Waals surface area contributed by atoms with E-state index in [2.05, 4.69) is 23.4 Å². The number of carbonyl (C=O) groups is 1. The smallest absolute Gasteiger partial charge is 0.305 e. The molecule has 0 aromatic carbocycles. The molecule has 0 bridgehead atoms. The van der Waals surface area contributed by atoms with Crippen molar-refractivity contribution in [3.8, 4) is 0 Å². The lowest BCUT2D eigenvalue weighted by atomic mass is 10.1. The molecule has 0 aliphatic carbocycles. The minimum absolute atomic E-state index is 0.0699. The summed E-state index contributed by atoms with van der Waals surface area (Å²) in [6, 6.07) is 0. The molecular formula is C17H34O2S. The van der Waals surface area contributed by atoms with Gasteiger partial charge in [0.2, 0.25) is 0 Å². The SMILES string of the molecule is CCCCCCCCSCCCCCCCC(=O)OC. The lowest BCUT2D eigenvalue weighted by molar-refractivity contribution is -0.140. The van der Waals surface area contributed by atoms with E-state index in [4.69, 9.17) is 0 Å². The molecule has 0 atom stereocenters. The molecular weight excluding hydrogens is 268 g/mol. The second-order valence-electron chi connectivity index (χ2n) is 5.47. The lowest BCUT2D eigenvalue weighted by Crippen LogP contribution is -1.99. The summed E-state index contributed by atoms with van der Waals surface area (Å²) in [5, 5.41) is 0. The van der Waals surface area contributed by atoms with Crippen LogP contribution in [0.2, 0.25) is 0 Å². The van der Waals surface area contributed by atoms with E-state index in [0.29, 0.717) is 6.42 Å². The van der Waals surface area contributed by atoms with E-state index in [9.17, 15) is 4.79 Å². The van der Waals surface area contributed by atoms with Crippen molar-refractivity contribution in [2.24, 2.45) is 0 Å². The van der Waals surface area contributed by atoms with Crippen LogP contribution in [0.25, 0.3) is 0 Å². The summed E-state index contributed by atoms with van der Waals surface area (Å²) in [5.74, 6) is 2.58. The van der Waals surface area contributed by atoms with Gasteiger partial charge in [-0.25, -0.2) is 0 Å². The van der Waals surface area contributed by atoms with Gasteiger partial charge >= 0.3 is 5.97 Å². The predicted octanol–water partition coefficient (Wildman–Crippen LogP) is 5.59. The minimum atomic E-state index is -0.0699. The fraction of sp³-hybridized carbons (Fsp3) is 0.941. The van der Waals surface area contributed by atoms with Gasteiger partial charge in [0.05, 0.1) is 7.11 Å². The molecule has 0 radical (unpaired) electrons. The largest absolute Gasteiger partial charge is 0.469 e. The minimum Gasteiger partial charge on any atom is -0.469 e. The number of esters is 1. The number of hydrogen-bond donors (Lipinski definition) is 0. The number of hydrogen-bond acceptors (Lipinski definition) is 3. The zero-order valence-electron chi connectivity index (χ0n) is 13.6.